The number of rotatable bonds is 41. The van der Waals surface area contributed by atoms with Crippen LogP contribution in [0.25, 0.3) is 0 Å². The summed E-state index contributed by atoms with van der Waals surface area (Å²) < 4.78 is 33.3. The Morgan fingerprint density at radius 2 is 1.02 bits per heavy atom. The summed E-state index contributed by atoms with van der Waals surface area (Å²) in [6.45, 7) is 3.47. The molecule has 0 heterocycles. The third-order valence-corrected chi connectivity index (χ3v) is 10.0. The average molecular weight is 773 g/mol. The summed E-state index contributed by atoms with van der Waals surface area (Å²) in [6, 6.07) is 0. The summed E-state index contributed by atoms with van der Waals surface area (Å²) in [4.78, 5) is 22.5. The van der Waals surface area contributed by atoms with Gasteiger partial charge in [0.05, 0.1) is 26.4 Å². The fourth-order valence-corrected chi connectivity index (χ4v) is 6.56. The van der Waals surface area contributed by atoms with Crippen molar-refractivity contribution in [3.8, 4) is 0 Å². The molecule has 3 N–H and O–H groups in total. The molecule has 0 saturated carbocycles. The first-order chi connectivity index (χ1) is 25.8. The number of unbranched alkanes of at least 4 members (excludes halogenated alkanes) is 21. The quantitative estimate of drug-likeness (QED) is 0.0240. The van der Waals surface area contributed by atoms with Gasteiger partial charge in [0.1, 0.15) is 12.2 Å². The third-order valence-electron chi connectivity index (χ3n) is 9.08. The molecule has 0 aliphatic heterocycles. The van der Waals surface area contributed by atoms with Gasteiger partial charge in [0.25, 0.3) is 0 Å². The van der Waals surface area contributed by atoms with Gasteiger partial charge in [-0.3, -0.25) is 13.8 Å². The van der Waals surface area contributed by atoms with Crippen LogP contribution in [0.4, 0.5) is 0 Å². The highest BCUT2D eigenvalue weighted by Crippen LogP contribution is 2.43. The molecule has 0 aromatic rings. The highest BCUT2D eigenvalue weighted by Gasteiger charge is 2.26. The Labute approximate surface area is 325 Å². The zero-order valence-electron chi connectivity index (χ0n) is 34.0. The van der Waals surface area contributed by atoms with Gasteiger partial charge in [0.15, 0.2) is 0 Å². The first-order valence-corrected chi connectivity index (χ1v) is 23.0. The van der Waals surface area contributed by atoms with E-state index < -0.39 is 33.2 Å². The topological polar surface area (TPSA) is 132 Å². The zero-order valence-corrected chi connectivity index (χ0v) is 34.9. The van der Waals surface area contributed by atoms with Crippen molar-refractivity contribution in [2.75, 3.05) is 33.0 Å². The number of phosphoric ester groups is 1. The van der Waals surface area contributed by atoms with Crippen LogP contribution in [0.15, 0.2) is 36.5 Å². The highest BCUT2D eigenvalue weighted by molar-refractivity contribution is 7.47. The minimum atomic E-state index is -4.51. The summed E-state index contributed by atoms with van der Waals surface area (Å²) >= 11 is 0. The molecule has 0 rings (SSSR count). The predicted octanol–water partition coefficient (Wildman–Crippen LogP) is 11.6. The van der Waals surface area contributed by atoms with Crippen LogP contribution >= 0.6 is 7.82 Å². The number of hydrogen-bond acceptors (Lipinski definition) is 8. The summed E-state index contributed by atoms with van der Waals surface area (Å²) in [6.07, 6.45) is 42.4. The van der Waals surface area contributed by atoms with Crippen LogP contribution < -0.4 is 0 Å². The van der Waals surface area contributed by atoms with Crippen LogP contribution in [-0.4, -0.2) is 66.3 Å². The number of ether oxygens (including phenoxy) is 2. The molecule has 3 unspecified atom stereocenters. The molecule has 53 heavy (non-hydrogen) atoms. The summed E-state index contributed by atoms with van der Waals surface area (Å²) in [5.74, 6) is -0.387. The maximum atomic E-state index is 12.6. The van der Waals surface area contributed by atoms with Crippen LogP contribution in [0.1, 0.15) is 187 Å². The number of esters is 1. The fourth-order valence-electron chi connectivity index (χ4n) is 5.77. The molecule has 0 aromatic carbocycles. The van der Waals surface area contributed by atoms with Crippen LogP contribution in [0.2, 0.25) is 0 Å². The van der Waals surface area contributed by atoms with E-state index in [-0.39, 0.29) is 25.6 Å². The van der Waals surface area contributed by atoms with E-state index in [9.17, 15) is 19.4 Å². The first kappa shape index (κ1) is 51.7. The molecular weight excluding hydrogens is 691 g/mol. The Morgan fingerprint density at radius 1 is 0.585 bits per heavy atom. The second-order valence-electron chi connectivity index (χ2n) is 14.4. The highest BCUT2D eigenvalue weighted by atomic mass is 31.2. The average Bonchev–Trinajstić information content (AvgIpc) is 3.15. The number of allylic oxidation sites excluding steroid dienone is 6. The first-order valence-electron chi connectivity index (χ1n) is 21.5. The van der Waals surface area contributed by atoms with Crippen LogP contribution in [0.3, 0.4) is 0 Å². The minimum absolute atomic E-state index is 0.0446. The van der Waals surface area contributed by atoms with Crippen molar-refractivity contribution < 1.29 is 43.0 Å². The standard InChI is InChI=1S/C43H81O9P/c1-3-5-7-9-11-13-15-17-18-19-20-21-22-23-24-26-28-30-32-34-36-49-39-42(40-51-53(47,48)50-38-41(45)37-44)52-43(46)35-33-31-29-27-25-16-14-12-10-8-6-4-2/h11,13,17-18,20-21,41-42,44-45H,3-10,12,14-16,19,22-40H2,1-2H3,(H,47,48)/b13-11-,18-17-,21-20-. The van der Waals surface area contributed by atoms with Crippen molar-refractivity contribution in [1.29, 1.82) is 0 Å². The maximum absolute atomic E-state index is 12.6. The molecule has 0 saturated heterocycles. The third kappa shape index (κ3) is 40.2. The second kappa shape index (κ2) is 40.3. The molecular formula is C43H81O9P. The lowest BCUT2D eigenvalue weighted by atomic mass is 10.0. The van der Waals surface area contributed by atoms with E-state index in [0.717, 1.165) is 57.8 Å². The van der Waals surface area contributed by atoms with E-state index in [1.165, 1.54) is 109 Å². The van der Waals surface area contributed by atoms with E-state index in [1.54, 1.807) is 0 Å². The monoisotopic (exact) mass is 773 g/mol. The van der Waals surface area contributed by atoms with Gasteiger partial charge in [-0.05, 0) is 51.4 Å². The number of hydrogen-bond donors (Lipinski definition) is 3. The minimum Gasteiger partial charge on any atom is -0.457 e. The molecule has 0 amide bonds. The van der Waals surface area contributed by atoms with Crippen molar-refractivity contribution in [1.82, 2.24) is 0 Å². The smallest absolute Gasteiger partial charge is 0.457 e. The molecule has 0 radical (unpaired) electrons. The van der Waals surface area contributed by atoms with Gasteiger partial charge in [-0.2, -0.15) is 0 Å². The summed E-state index contributed by atoms with van der Waals surface area (Å²) in [5.41, 5.74) is 0. The van der Waals surface area contributed by atoms with Crippen molar-refractivity contribution in [3.63, 3.8) is 0 Å². The number of aliphatic hydroxyl groups excluding tert-OH is 2. The van der Waals surface area contributed by atoms with Crippen LogP contribution in [-0.2, 0) is 27.9 Å². The van der Waals surface area contributed by atoms with Gasteiger partial charge in [-0.15, -0.1) is 0 Å². The van der Waals surface area contributed by atoms with Crippen molar-refractivity contribution in [2.45, 2.75) is 199 Å². The number of carbonyl (C=O) groups is 1. The van der Waals surface area contributed by atoms with Crippen molar-refractivity contribution in [3.05, 3.63) is 36.5 Å². The lowest BCUT2D eigenvalue weighted by molar-refractivity contribution is -0.154. The predicted molar refractivity (Wildman–Crippen MR) is 219 cm³/mol. The van der Waals surface area contributed by atoms with Crippen molar-refractivity contribution in [2.24, 2.45) is 0 Å². The number of carbonyl (C=O) groups excluding carboxylic acids is 1. The Morgan fingerprint density at radius 3 is 1.57 bits per heavy atom. The summed E-state index contributed by atoms with van der Waals surface area (Å²) in [5, 5.41) is 18.3. The van der Waals surface area contributed by atoms with Crippen LogP contribution in [0.5, 0.6) is 0 Å². The maximum Gasteiger partial charge on any atom is 0.472 e. The molecule has 0 aromatic heterocycles. The molecule has 0 spiro atoms. The van der Waals surface area contributed by atoms with Crippen LogP contribution in [0, 0.1) is 0 Å². The molecule has 0 aliphatic rings. The number of phosphoric acid groups is 1. The van der Waals surface area contributed by atoms with Gasteiger partial charge < -0.3 is 24.6 Å². The Balaban J connectivity index is 4.15. The van der Waals surface area contributed by atoms with Crippen molar-refractivity contribution >= 4 is 13.8 Å². The number of aliphatic hydroxyl groups is 2. The molecule has 0 fully saturated rings. The molecule has 0 aliphatic carbocycles. The SMILES string of the molecule is CCCCC/C=C\C/C=C\C/C=C\CCCCCCCCCOCC(COP(=O)(O)OCC(O)CO)OC(=O)CCCCCCCCCCCCCC. The van der Waals surface area contributed by atoms with Gasteiger partial charge in [-0.25, -0.2) is 4.57 Å². The van der Waals surface area contributed by atoms with Gasteiger partial charge in [0, 0.05) is 13.0 Å². The lowest BCUT2D eigenvalue weighted by Crippen LogP contribution is -2.29. The molecule has 9 nitrogen and oxygen atoms in total. The zero-order chi connectivity index (χ0) is 38.9. The lowest BCUT2D eigenvalue weighted by Gasteiger charge is -2.20. The summed E-state index contributed by atoms with van der Waals surface area (Å²) in [7, 11) is -4.51. The van der Waals surface area contributed by atoms with Gasteiger partial charge >= 0.3 is 13.8 Å². The Kier molecular flexibility index (Phi) is 39.3. The largest absolute Gasteiger partial charge is 0.472 e. The van der Waals surface area contributed by atoms with E-state index in [0.29, 0.717) is 6.61 Å². The van der Waals surface area contributed by atoms with E-state index in [2.05, 4.69) is 50.3 Å². The molecule has 312 valence electrons. The van der Waals surface area contributed by atoms with Gasteiger partial charge in [-0.1, -0.05) is 166 Å². The van der Waals surface area contributed by atoms with E-state index in [1.807, 2.05) is 0 Å². The molecule has 0 bridgehead atoms. The fraction of sp³-hybridized carbons (Fsp3) is 0.837. The molecule has 10 heteroatoms. The Hall–Kier alpha value is -1.32. The van der Waals surface area contributed by atoms with Gasteiger partial charge in [0.2, 0.25) is 0 Å². The van der Waals surface area contributed by atoms with E-state index in [4.69, 9.17) is 23.6 Å². The molecule has 3 atom stereocenters. The normalized spacial score (nSPS) is 14.4. The Bertz CT molecular complexity index is 923. The van der Waals surface area contributed by atoms with E-state index >= 15 is 0 Å². The second-order valence-corrected chi connectivity index (χ2v) is 15.8.